The second-order valence-corrected chi connectivity index (χ2v) is 33.5. The third-order valence-corrected chi connectivity index (χ3v) is 24.4. The Bertz CT molecular complexity index is 7960. The van der Waals surface area contributed by atoms with Crippen molar-refractivity contribution in [2.24, 2.45) is 0 Å². The molecule has 0 aliphatic heterocycles. The zero-order valence-electron chi connectivity index (χ0n) is 74.9. The van der Waals surface area contributed by atoms with E-state index in [0.29, 0.717) is 69.9 Å². The van der Waals surface area contributed by atoms with Crippen LogP contribution in [0.25, 0.3) is 237 Å². The van der Waals surface area contributed by atoms with Gasteiger partial charge in [-0.15, -0.1) is 0 Å². The van der Waals surface area contributed by atoms with Gasteiger partial charge in [0.05, 0.1) is 0 Å². The number of nitrogens with zero attached hydrogens (tertiary/aromatic N) is 12. The molecule has 0 atom stereocenters. The lowest BCUT2D eigenvalue weighted by Crippen LogP contribution is -2.00. The van der Waals surface area contributed by atoms with Gasteiger partial charge in [-0.2, -0.15) is 0 Å². The maximum absolute atomic E-state index is 5.13. The van der Waals surface area contributed by atoms with Crippen molar-refractivity contribution in [1.29, 1.82) is 0 Å². The van der Waals surface area contributed by atoms with Crippen LogP contribution in [0.3, 0.4) is 0 Å². The molecule has 0 fully saturated rings. The van der Waals surface area contributed by atoms with E-state index in [1.165, 1.54) is 0 Å². The summed E-state index contributed by atoms with van der Waals surface area (Å²) < 4.78 is 0. The molecule has 0 N–H and O–H groups in total. The van der Waals surface area contributed by atoms with Crippen molar-refractivity contribution < 1.29 is 0 Å². The van der Waals surface area contributed by atoms with Crippen LogP contribution in [0.5, 0.6) is 0 Å². The van der Waals surface area contributed by atoms with Gasteiger partial charge in [-0.25, -0.2) is 59.8 Å². The van der Waals surface area contributed by atoms with Crippen molar-refractivity contribution in [3.05, 3.63) is 510 Å². The molecule has 4 heterocycles. The van der Waals surface area contributed by atoms with E-state index in [1.54, 1.807) is 0 Å². The topological polar surface area (TPSA) is 155 Å². The van der Waals surface area contributed by atoms with E-state index >= 15 is 0 Å². The molecule has 23 aromatic rings. The largest absolute Gasteiger partial charge is 0.208 e. The Morgan fingerprint density at radius 1 is 0.0652 bits per heavy atom. The van der Waals surface area contributed by atoms with Gasteiger partial charge >= 0.3 is 0 Å². The zero-order valence-corrected chi connectivity index (χ0v) is 74.9. The summed E-state index contributed by atoms with van der Waals surface area (Å²) in [6.07, 6.45) is 0. The Labute approximate surface area is 800 Å². The lowest BCUT2D eigenvalue weighted by molar-refractivity contribution is 1.07. The van der Waals surface area contributed by atoms with Crippen LogP contribution in [0.15, 0.2) is 510 Å². The van der Waals surface area contributed by atoms with E-state index < -0.39 is 0 Å². The molecular weight excluding hydrogens is 1680 g/mol. The van der Waals surface area contributed by atoms with Gasteiger partial charge in [-0.3, -0.25) is 0 Å². The first-order valence-electron chi connectivity index (χ1n) is 45.9. The van der Waals surface area contributed by atoms with Crippen LogP contribution >= 0.6 is 0 Å². The lowest BCUT2D eigenvalue weighted by atomic mass is 9.95. The predicted octanol–water partition coefficient (Wildman–Crippen LogP) is 31.1. The number of hydrogen-bond acceptors (Lipinski definition) is 12. The molecule has 0 bridgehead atoms. The van der Waals surface area contributed by atoms with Gasteiger partial charge in [0.2, 0.25) is 0 Å². The van der Waals surface area contributed by atoms with Gasteiger partial charge in [0.25, 0.3) is 0 Å². The molecule has 648 valence electrons. The van der Waals surface area contributed by atoms with Gasteiger partial charge in [-0.05, 0) is 137 Å². The fourth-order valence-electron chi connectivity index (χ4n) is 17.1. The first kappa shape index (κ1) is 84.7. The molecule has 0 saturated carbocycles. The lowest BCUT2D eigenvalue weighted by Gasteiger charge is -2.12. The molecule has 12 heteroatoms. The monoisotopic (exact) mass is 1760 g/mol. The summed E-state index contributed by atoms with van der Waals surface area (Å²) >= 11 is 0. The predicted molar refractivity (Wildman–Crippen MR) is 561 cm³/mol. The summed E-state index contributed by atoms with van der Waals surface area (Å²) in [7, 11) is 0. The molecule has 0 radical (unpaired) electrons. The van der Waals surface area contributed by atoms with Gasteiger partial charge < -0.3 is 0 Å². The first-order chi connectivity index (χ1) is 68.3. The molecule has 0 unspecified atom stereocenters. The molecule has 138 heavy (non-hydrogen) atoms. The molecular formula is C126H84N12. The molecule has 12 nitrogen and oxygen atoms in total. The van der Waals surface area contributed by atoms with Crippen LogP contribution in [0.4, 0.5) is 0 Å². The minimum atomic E-state index is 0.583. The second kappa shape index (κ2) is 39.3. The average Bonchev–Trinajstić information content (AvgIpc) is 0.795. The Kier molecular flexibility index (Phi) is 24.2. The highest BCUT2D eigenvalue weighted by Gasteiger charge is 2.22. The molecule has 23 rings (SSSR count). The SMILES string of the molecule is c1ccc(-c2ccc(-c3nc(-c4ccc(-c5ccccc5)cc4)nc(-c4cccc(-c5cccc(-c6cccc(-c7cccc(-c8nc(-c9ccccc9)nc(-c9ccccc9)n8)c7)c6)c5)c4)n3)cc2)cc1.c1ccc(-c2ccc(-c3nc(-c4ccccc4)nc(-c4cccc(-c5cccc(-c6nc(-c7ccc(-c8ccccc8)cc7)nc(-c7ccc(-c8ccccc8)cc7)n6)c5)c4)n3)cc2)cc1. The van der Waals surface area contributed by atoms with E-state index in [-0.39, 0.29) is 0 Å². The average molecular weight is 1770 g/mol. The summed E-state index contributed by atoms with van der Waals surface area (Å²) in [6, 6.07) is 175. The Morgan fingerprint density at radius 2 is 0.152 bits per heavy atom. The van der Waals surface area contributed by atoms with Gasteiger partial charge in [0, 0.05) is 66.8 Å². The summed E-state index contributed by atoms with van der Waals surface area (Å²) in [5.41, 5.74) is 30.9. The number of aromatic nitrogens is 12. The summed E-state index contributed by atoms with van der Waals surface area (Å²) in [4.78, 5) is 60.6. The van der Waals surface area contributed by atoms with Gasteiger partial charge in [-0.1, -0.05) is 473 Å². The normalized spacial score (nSPS) is 11.0. The minimum absolute atomic E-state index is 0.583. The van der Waals surface area contributed by atoms with E-state index in [1.807, 2.05) is 121 Å². The first-order valence-corrected chi connectivity index (χ1v) is 45.9. The molecule has 0 aliphatic carbocycles. The molecule has 0 amide bonds. The van der Waals surface area contributed by atoms with Crippen LogP contribution in [0, 0.1) is 0 Å². The second-order valence-electron chi connectivity index (χ2n) is 33.5. The highest BCUT2D eigenvalue weighted by atomic mass is 15.1. The summed E-state index contributed by atoms with van der Waals surface area (Å²) in [5, 5.41) is 0. The Morgan fingerprint density at radius 3 is 0.297 bits per heavy atom. The molecule has 19 aromatic carbocycles. The van der Waals surface area contributed by atoms with Crippen LogP contribution in [-0.4, -0.2) is 59.8 Å². The van der Waals surface area contributed by atoms with Crippen LogP contribution in [0.1, 0.15) is 0 Å². The van der Waals surface area contributed by atoms with Gasteiger partial charge in [0.15, 0.2) is 69.9 Å². The number of benzene rings is 19. The van der Waals surface area contributed by atoms with Gasteiger partial charge in [0.1, 0.15) is 0 Å². The number of hydrogen-bond donors (Lipinski definition) is 0. The van der Waals surface area contributed by atoms with Crippen molar-refractivity contribution in [2.45, 2.75) is 0 Å². The molecule has 0 spiro atoms. The van der Waals surface area contributed by atoms with Crippen molar-refractivity contribution in [2.75, 3.05) is 0 Å². The molecule has 0 aliphatic rings. The van der Waals surface area contributed by atoms with E-state index in [0.717, 1.165) is 167 Å². The van der Waals surface area contributed by atoms with Crippen LogP contribution < -0.4 is 0 Å². The minimum Gasteiger partial charge on any atom is -0.208 e. The number of rotatable bonds is 21. The maximum Gasteiger partial charge on any atom is 0.164 e. The van der Waals surface area contributed by atoms with E-state index in [4.69, 9.17) is 59.8 Å². The molecule has 4 aromatic heterocycles. The standard InChI is InChI=1S/C66H44N6.C60H40N6/c1-5-17-45(18-6-1)47-33-37-51(38-34-47)63-68-64(52-39-35-48(36-40-52)46-19-7-2-8-20-46)72-66(71-63)60-32-16-30-58(44-60)56-28-14-26-54(42-56)53-25-13-27-55(41-53)57-29-15-31-59(43-57)65-69-61(49-21-9-3-10-22-49)67-62(70-65)50-23-11-4-12-24-50;1-5-15-41(16-6-1)44-27-33-48(34-28-44)56-61-55(47-21-11-4-12-22-47)63-59(64-56)53-25-13-23-51(39-53)52-24-14-26-54(40-52)60-65-57(49-35-29-45(30-36-49)42-17-7-2-8-18-42)62-58(66-60)50-37-31-46(32-38-50)43-19-9-3-10-20-43/h1-44H;1-40H. The smallest absolute Gasteiger partial charge is 0.164 e. The Balaban J connectivity index is 0.000000160. The van der Waals surface area contributed by atoms with Crippen LogP contribution in [-0.2, 0) is 0 Å². The molecule has 0 saturated heterocycles. The fourth-order valence-corrected chi connectivity index (χ4v) is 17.1. The maximum atomic E-state index is 5.13. The highest BCUT2D eigenvalue weighted by Crippen LogP contribution is 2.40. The third kappa shape index (κ3) is 19.2. The van der Waals surface area contributed by atoms with Crippen molar-refractivity contribution in [3.63, 3.8) is 0 Å². The quantitative estimate of drug-likeness (QED) is 0.0672. The van der Waals surface area contributed by atoms with E-state index in [2.05, 4.69) is 388 Å². The van der Waals surface area contributed by atoms with Crippen molar-refractivity contribution in [1.82, 2.24) is 59.8 Å². The summed E-state index contributed by atoms with van der Waals surface area (Å²) in [6.45, 7) is 0. The van der Waals surface area contributed by atoms with E-state index in [9.17, 15) is 0 Å². The third-order valence-electron chi connectivity index (χ3n) is 24.4. The fraction of sp³-hybridized carbons (Fsp3) is 0. The summed E-state index contributed by atoms with van der Waals surface area (Å²) in [5.74, 6) is 7.31. The highest BCUT2D eigenvalue weighted by molar-refractivity contribution is 5.84. The van der Waals surface area contributed by atoms with Crippen LogP contribution in [0.2, 0.25) is 0 Å². The van der Waals surface area contributed by atoms with Crippen molar-refractivity contribution in [3.8, 4) is 237 Å². The zero-order chi connectivity index (χ0) is 92.1. The Hall–Kier alpha value is -18.8. The van der Waals surface area contributed by atoms with Crippen molar-refractivity contribution >= 4 is 0 Å².